The third kappa shape index (κ3) is 46.3. The van der Waals surface area contributed by atoms with Gasteiger partial charge >= 0.3 is 0 Å². The normalized spacial score (nSPS) is 9.16. The van der Waals surface area contributed by atoms with Crippen LogP contribution < -0.4 is 34.4 Å². The highest BCUT2D eigenvalue weighted by atomic mass is 14.6. The van der Waals surface area contributed by atoms with Crippen molar-refractivity contribution < 1.29 is 0 Å². The van der Waals surface area contributed by atoms with Crippen LogP contribution in [0.25, 0.3) is 0 Å². The van der Waals surface area contributed by atoms with Gasteiger partial charge in [-0.15, -0.1) is 0 Å². The van der Waals surface area contributed by atoms with Crippen LogP contribution in [-0.2, 0) is 0 Å². The molecule has 0 radical (unpaired) electrons. The average Bonchev–Trinajstić information content (AvgIpc) is 2.45. The lowest BCUT2D eigenvalue weighted by molar-refractivity contribution is 0.695. The van der Waals surface area contributed by atoms with Gasteiger partial charge < -0.3 is 34.4 Å². The van der Waals surface area contributed by atoms with Gasteiger partial charge in [-0.1, -0.05) is 6.42 Å². The number of hydrogen-bond donors (Lipinski definition) is 6. The Bertz CT molecular complexity index is 93.3. The van der Waals surface area contributed by atoms with Crippen molar-refractivity contribution in [2.24, 2.45) is 34.4 Å². The van der Waals surface area contributed by atoms with Gasteiger partial charge in [-0.2, -0.15) is 0 Å². The standard InChI is InChI=1S/C5H14N2.2C4H12N2/c6-4-2-1-3-5-7;2*5-3-1-2-4-6/h1-7H2;2*1-6H2. The van der Waals surface area contributed by atoms with E-state index in [1.54, 1.807) is 0 Å². The summed E-state index contributed by atoms with van der Waals surface area (Å²) in [5.74, 6) is 0. The molecule has 6 heteroatoms. The lowest BCUT2D eigenvalue weighted by Gasteiger charge is -1.91. The zero-order valence-corrected chi connectivity index (χ0v) is 12.7. The molecule has 0 saturated heterocycles. The molecule has 0 fully saturated rings. The van der Waals surface area contributed by atoms with Gasteiger partial charge in [-0.25, -0.2) is 0 Å². The van der Waals surface area contributed by atoms with E-state index in [1.165, 1.54) is 6.42 Å². The van der Waals surface area contributed by atoms with Crippen LogP contribution in [0.4, 0.5) is 0 Å². The van der Waals surface area contributed by atoms with E-state index in [1.807, 2.05) is 0 Å². The second-order valence-corrected chi connectivity index (χ2v) is 4.21. The molecule has 0 aromatic rings. The Balaban J connectivity index is -0.000000203. The molecule has 0 aromatic carbocycles. The Morgan fingerprint density at radius 2 is 0.421 bits per heavy atom. The van der Waals surface area contributed by atoms with Gasteiger partial charge in [0, 0.05) is 0 Å². The fraction of sp³-hybridized carbons (Fsp3) is 1.00. The number of nitrogens with two attached hydrogens (primary N) is 6. The van der Waals surface area contributed by atoms with E-state index in [9.17, 15) is 0 Å². The first-order valence-corrected chi connectivity index (χ1v) is 7.45. The Morgan fingerprint density at radius 3 is 0.579 bits per heavy atom. The molecule has 19 heavy (non-hydrogen) atoms. The second kappa shape index (κ2) is 30.6. The van der Waals surface area contributed by atoms with Crippen molar-refractivity contribution >= 4 is 0 Å². The molecule has 12 N–H and O–H groups in total. The molecule has 0 atom stereocenters. The molecule has 0 aromatic heterocycles. The Morgan fingerprint density at radius 1 is 0.263 bits per heavy atom. The highest BCUT2D eigenvalue weighted by molar-refractivity contribution is 4.41. The predicted octanol–water partition coefficient (Wildman–Crippen LogP) is -0.558. The smallest absolute Gasteiger partial charge is 0.00768 e. The second-order valence-electron chi connectivity index (χ2n) is 4.21. The minimum Gasteiger partial charge on any atom is -0.330 e. The lowest BCUT2D eigenvalue weighted by Crippen LogP contribution is -2.03. The topological polar surface area (TPSA) is 156 Å². The van der Waals surface area contributed by atoms with Gasteiger partial charge in [0.1, 0.15) is 0 Å². The van der Waals surface area contributed by atoms with E-state index in [4.69, 9.17) is 34.4 Å². The Hall–Kier alpha value is -0.240. The zero-order valence-electron chi connectivity index (χ0n) is 12.7. The molecule has 0 heterocycles. The van der Waals surface area contributed by atoms with Crippen LogP contribution in [0, 0.1) is 0 Å². The number of unbranched alkanes of at least 4 members (excludes halogenated alkanes) is 4. The monoisotopic (exact) mass is 278 g/mol. The van der Waals surface area contributed by atoms with Crippen LogP contribution in [0.15, 0.2) is 0 Å². The Labute approximate surface area is 119 Å². The molecule has 0 aliphatic heterocycles. The Kier molecular flexibility index (Phi) is 38.4. The van der Waals surface area contributed by atoms with Gasteiger partial charge in [0.25, 0.3) is 0 Å². The van der Waals surface area contributed by atoms with Crippen LogP contribution >= 0.6 is 0 Å². The van der Waals surface area contributed by atoms with Crippen LogP contribution in [-0.4, -0.2) is 39.3 Å². The fourth-order valence-electron chi connectivity index (χ4n) is 1.04. The van der Waals surface area contributed by atoms with Crippen LogP contribution in [0.3, 0.4) is 0 Å². The van der Waals surface area contributed by atoms with Crippen molar-refractivity contribution in [2.75, 3.05) is 39.3 Å². The quantitative estimate of drug-likeness (QED) is 0.294. The van der Waals surface area contributed by atoms with E-state index >= 15 is 0 Å². The summed E-state index contributed by atoms with van der Waals surface area (Å²) >= 11 is 0. The van der Waals surface area contributed by atoms with Crippen molar-refractivity contribution in [3.63, 3.8) is 0 Å². The van der Waals surface area contributed by atoms with Gasteiger partial charge in [-0.3, -0.25) is 0 Å². The average molecular weight is 278 g/mol. The predicted molar refractivity (Wildman–Crippen MR) is 86.6 cm³/mol. The van der Waals surface area contributed by atoms with E-state index in [2.05, 4.69) is 0 Å². The summed E-state index contributed by atoms with van der Waals surface area (Å²) in [5, 5.41) is 0. The van der Waals surface area contributed by atoms with E-state index in [-0.39, 0.29) is 0 Å². The maximum atomic E-state index is 5.23. The largest absolute Gasteiger partial charge is 0.330 e. The summed E-state index contributed by atoms with van der Waals surface area (Å²) in [6.45, 7) is 4.71. The van der Waals surface area contributed by atoms with Crippen molar-refractivity contribution in [3.8, 4) is 0 Å². The first kappa shape index (κ1) is 23.8. The van der Waals surface area contributed by atoms with Gasteiger partial charge in [0.2, 0.25) is 0 Å². The summed E-state index contributed by atoms with van der Waals surface area (Å²) in [4.78, 5) is 0. The number of hydrogen-bond acceptors (Lipinski definition) is 6. The molecular formula is C13H38N6. The first-order valence-electron chi connectivity index (χ1n) is 7.45. The van der Waals surface area contributed by atoms with Crippen molar-refractivity contribution in [1.82, 2.24) is 0 Å². The maximum Gasteiger partial charge on any atom is -0.00768 e. The minimum atomic E-state index is 0.775. The first-order chi connectivity index (χ1) is 9.24. The van der Waals surface area contributed by atoms with Gasteiger partial charge in [0.05, 0.1) is 0 Å². The van der Waals surface area contributed by atoms with Crippen LogP contribution in [0.1, 0.15) is 44.9 Å². The molecule has 6 nitrogen and oxygen atoms in total. The molecule has 0 aliphatic rings. The SMILES string of the molecule is NCCCCCN.NCCCCN.NCCCCN. The summed E-state index contributed by atoms with van der Waals surface area (Å²) in [7, 11) is 0. The van der Waals surface area contributed by atoms with Gasteiger partial charge in [0.15, 0.2) is 0 Å². The van der Waals surface area contributed by atoms with E-state index < -0.39 is 0 Å². The van der Waals surface area contributed by atoms with Crippen LogP contribution in [0.5, 0.6) is 0 Å². The fourth-order valence-corrected chi connectivity index (χ4v) is 1.04. The molecule has 0 bridgehead atoms. The van der Waals surface area contributed by atoms with Crippen molar-refractivity contribution in [2.45, 2.75) is 44.9 Å². The number of rotatable bonds is 10. The van der Waals surface area contributed by atoms with E-state index in [0.717, 1.165) is 77.8 Å². The molecular weight excluding hydrogens is 240 g/mol. The molecule has 0 rings (SSSR count). The molecule has 0 spiro atoms. The van der Waals surface area contributed by atoms with Crippen molar-refractivity contribution in [1.29, 1.82) is 0 Å². The highest BCUT2D eigenvalue weighted by Crippen LogP contribution is 1.88. The zero-order chi connectivity index (χ0) is 15.2. The molecule has 0 amide bonds. The summed E-state index contributed by atoms with van der Waals surface area (Å²) in [6.07, 6.45) is 7.70. The molecule has 0 unspecified atom stereocenters. The van der Waals surface area contributed by atoms with Crippen LogP contribution in [0.2, 0.25) is 0 Å². The van der Waals surface area contributed by atoms with Gasteiger partial charge in [-0.05, 0) is 77.8 Å². The highest BCUT2D eigenvalue weighted by Gasteiger charge is 1.80. The van der Waals surface area contributed by atoms with E-state index in [0.29, 0.717) is 0 Å². The maximum absolute atomic E-state index is 5.23. The molecule has 0 aliphatic carbocycles. The summed E-state index contributed by atoms with van der Waals surface area (Å²) in [5.41, 5.74) is 31.1. The van der Waals surface area contributed by atoms with Crippen molar-refractivity contribution in [3.05, 3.63) is 0 Å². The molecule has 120 valence electrons. The summed E-state index contributed by atoms with van der Waals surface area (Å²) < 4.78 is 0. The minimum absolute atomic E-state index is 0.775. The lowest BCUT2D eigenvalue weighted by atomic mass is 10.2. The summed E-state index contributed by atoms with van der Waals surface area (Å²) in [6, 6.07) is 0. The third-order valence-electron chi connectivity index (χ3n) is 2.22. The third-order valence-corrected chi connectivity index (χ3v) is 2.22. The molecule has 0 saturated carbocycles.